The lowest BCUT2D eigenvalue weighted by molar-refractivity contribution is -0.305. The molecule has 0 aromatic heterocycles. The Hall–Kier alpha value is -1.85. The van der Waals surface area contributed by atoms with Gasteiger partial charge in [0, 0.05) is 13.0 Å². The van der Waals surface area contributed by atoms with E-state index in [-0.39, 0.29) is 19.6 Å². The largest absolute Gasteiger partial charge is 0.457 e. The first-order chi connectivity index (χ1) is 23.4. The Morgan fingerprint density at radius 2 is 1.23 bits per heavy atom. The second kappa shape index (κ2) is 31.2. The van der Waals surface area contributed by atoms with E-state index < -0.39 is 49.4 Å². The van der Waals surface area contributed by atoms with Crippen LogP contribution in [0, 0.1) is 0 Å². The molecule has 48 heavy (non-hydrogen) atoms. The molecule has 9 heteroatoms. The Balaban J connectivity index is 2.40. The van der Waals surface area contributed by atoms with Gasteiger partial charge in [0.05, 0.1) is 19.8 Å². The molecule has 278 valence electrons. The number of carbonyl (C=O) groups is 1. The Morgan fingerprint density at radius 3 is 1.79 bits per heavy atom. The van der Waals surface area contributed by atoms with Crippen LogP contribution in [0.5, 0.6) is 0 Å². The predicted molar refractivity (Wildman–Crippen MR) is 191 cm³/mol. The van der Waals surface area contributed by atoms with Gasteiger partial charge >= 0.3 is 5.97 Å². The van der Waals surface area contributed by atoms with Gasteiger partial charge in [0.15, 0.2) is 6.29 Å². The van der Waals surface area contributed by atoms with Gasteiger partial charge < -0.3 is 39.4 Å². The minimum absolute atomic E-state index is 0.116. The molecule has 1 aliphatic heterocycles. The van der Waals surface area contributed by atoms with Gasteiger partial charge in [-0.15, -0.1) is 0 Å². The molecule has 1 saturated heterocycles. The highest BCUT2D eigenvalue weighted by Crippen LogP contribution is 2.22. The Morgan fingerprint density at radius 1 is 0.688 bits per heavy atom. The SMILES string of the molecule is CC/C=C\C/C=C\C/C=C\C/C=C\CCC(=O)OC(COCCCCCCCCCCCCCC)COC1OC(CO)C(O)C(O)C1O. The number of aliphatic hydroxyl groups excluding tert-OH is 4. The normalized spacial score (nSPS) is 22.5. The summed E-state index contributed by atoms with van der Waals surface area (Å²) in [6.45, 7) is 4.33. The first-order valence-electron chi connectivity index (χ1n) is 18.7. The molecule has 6 unspecified atom stereocenters. The van der Waals surface area contributed by atoms with Gasteiger partial charge in [-0.3, -0.25) is 4.79 Å². The van der Waals surface area contributed by atoms with Crippen molar-refractivity contribution in [2.45, 2.75) is 166 Å². The molecule has 0 radical (unpaired) electrons. The van der Waals surface area contributed by atoms with Crippen LogP contribution in [-0.2, 0) is 23.7 Å². The number of aliphatic hydroxyl groups is 4. The molecule has 1 heterocycles. The minimum atomic E-state index is -1.55. The quantitative estimate of drug-likeness (QED) is 0.0359. The highest BCUT2D eigenvalue weighted by atomic mass is 16.7. The van der Waals surface area contributed by atoms with Crippen LogP contribution in [0.4, 0.5) is 0 Å². The van der Waals surface area contributed by atoms with Crippen LogP contribution >= 0.6 is 0 Å². The third kappa shape index (κ3) is 22.7. The summed E-state index contributed by atoms with van der Waals surface area (Å²) in [4.78, 5) is 12.6. The van der Waals surface area contributed by atoms with Gasteiger partial charge in [-0.1, -0.05) is 133 Å². The van der Waals surface area contributed by atoms with Crippen molar-refractivity contribution in [3.63, 3.8) is 0 Å². The van der Waals surface area contributed by atoms with Crippen molar-refractivity contribution in [1.29, 1.82) is 0 Å². The molecule has 0 spiro atoms. The number of rotatable bonds is 30. The van der Waals surface area contributed by atoms with Crippen molar-refractivity contribution in [2.24, 2.45) is 0 Å². The van der Waals surface area contributed by atoms with E-state index in [1.54, 1.807) is 0 Å². The molecule has 9 nitrogen and oxygen atoms in total. The Labute approximate surface area is 291 Å². The van der Waals surface area contributed by atoms with Gasteiger partial charge in [-0.2, -0.15) is 0 Å². The average molecular weight is 681 g/mol. The molecule has 4 N–H and O–H groups in total. The second-order valence-corrected chi connectivity index (χ2v) is 12.6. The molecule has 1 rings (SSSR count). The van der Waals surface area contributed by atoms with Gasteiger partial charge in [-0.25, -0.2) is 0 Å². The number of unbranched alkanes of at least 4 members (excludes halogenated alkanes) is 11. The maximum absolute atomic E-state index is 12.6. The zero-order valence-electron chi connectivity index (χ0n) is 30.0. The standard InChI is InChI=1S/C39H68O9/c1-3-5-7-9-11-13-15-17-18-20-22-24-26-28-35(41)47-33(32-46-39-38(44)37(43)36(42)34(30-40)48-39)31-45-29-27-25-23-21-19-16-14-12-10-8-6-4-2/h5,7,11,13,17-18,22,24,33-34,36-40,42-44H,3-4,6,8-10,12,14-16,19-21,23,25-32H2,1-2H3/b7-5-,13-11-,18-17-,24-22-. The summed E-state index contributed by atoms with van der Waals surface area (Å²) < 4.78 is 22.6. The fraction of sp³-hybridized carbons (Fsp3) is 0.769. The maximum atomic E-state index is 12.6. The molecule has 0 bridgehead atoms. The lowest BCUT2D eigenvalue weighted by Gasteiger charge is -2.39. The summed E-state index contributed by atoms with van der Waals surface area (Å²) in [7, 11) is 0. The van der Waals surface area contributed by atoms with Crippen LogP contribution < -0.4 is 0 Å². The summed E-state index contributed by atoms with van der Waals surface area (Å²) in [5.41, 5.74) is 0. The lowest BCUT2D eigenvalue weighted by Crippen LogP contribution is -2.59. The van der Waals surface area contributed by atoms with Crippen molar-refractivity contribution in [1.82, 2.24) is 0 Å². The van der Waals surface area contributed by atoms with Crippen molar-refractivity contribution in [3.05, 3.63) is 48.6 Å². The third-order valence-electron chi connectivity index (χ3n) is 8.27. The van der Waals surface area contributed by atoms with E-state index in [1.807, 2.05) is 12.2 Å². The van der Waals surface area contributed by atoms with E-state index in [0.717, 1.165) is 38.5 Å². The number of ether oxygens (including phenoxy) is 4. The van der Waals surface area contributed by atoms with Crippen LogP contribution in [0.1, 0.15) is 129 Å². The molecule has 0 amide bonds. The molecule has 0 aromatic rings. The molecular weight excluding hydrogens is 612 g/mol. The highest BCUT2D eigenvalue weighted by Gasteiger charge is 2.44. The zero-order valence-corrected chi connectivity index (χ0v) is 30.0. The van der Waals surface area contributed by atoms with E-state index in [0.29, 0.717) is 13.0 Å². The van der Waals surface area contributed by atoms with Crippen LogP contribution in [0.2, 0.25) is 0 Å². The molecule has 0 aliphatic carbocycles. The highest BCUT2D eigenvalue weighted by molar-refractivity contribution is 5.69. The smallest absolute Gasteiger partial charge is 0.306 e. The first-order valence-corrected chi connectivity index (χ1v) is 18.7. The molecule has 1 fully saturated rings. The Kier molecular flexibility index (Phi) is 28.7. The predicted octanol–water partition coefficient (Wildman–Crippen LogP) is 7.02. The average Bonchev–Trinajstić information content (AvgIpc) is 3.08. The summed E-state index contributed by atoms with van der Waals surface area (Å²) in [5, 5.41) is 39.9. The first kappa shape index (κ1) is 44.2. The summed E-state index contributed by atoms with van der Waals surface area (Å²) >= 11 is 0. The molecule has 0 aromatic carbocycles. The van der Waals surface area contributed by atoms with Gasteiger partial charge in [0.1, 0.15) is 30.5 Å². The van der Waals surface area contributed by atoms with Crippen molar-refractivity contribution in [3.8, 4) is 0 Å². The van der Waals surface area contributed by atoms with Gasteiger partial charge in [0.25, 0.3) is 0 Å². The van der Waals surface area contributed by atoms with Crippen LogP contribution in [0.25, 0.3) is 0 Å². The van der Waals surface area contributed by atoms with Gasteiger partial charge in [0.2, 0.25) is 0 Å². The number of allylic oxidation sites excluding steroid dienone is 8. The van der Waals surface area contributed by atoms with Crippen LogP contribution in [0.15, 0.2) is 48.6 Å². The van der Waals surface area contributed by atoms with E-state index in [9.17, 15) is 25.2 Å². The molecule has 1 aliphatic rings. The van der Waals surface area contributed by atoms with Crippen molar-refractivity contribution in [2.75, 3.05) is 26.4 Å². The fourth-order valence-corrected chi connectivity index (χ4v) is 5.33. The second-order valence-electron chi connectivity index (χ2n) is 12.6. The number of hydrogen-bond acceptors (Lipinski definition) is 9. The van der Waals surface area contributed by atoms with E-state index >= 15 is 0 Å². The Bertz CT molecular complexity index is 870. The monoisotopic (exact) mass is 680 g/mol. The molecular formula is C39H68O9. The number of hydrogen-bond donors (Lipinski definition) is 4. The summed E-state index contributed by atoms with van der Waals surface area (Å²) in [5.74, 6) is -0.395. The number of esters is 1. The maximum Gasteiger partial charge on any atom is 0.306 e. The lowest BCUT2D eigenvalue weighted by atomic mass is 9.99. The van der Waals surface area contributed by atoms with Crippen molar-refractivity contribution >= 4 is 5.97 Å². The zero-order chi connectivity index (χ0) is 35.1. The summed E-state index contributed by atoms with van der Waals surface area (Å²) in [6.07, 6.45) is 28.6. The molecule has 6 atom stereocenters. The van der Waals surface area contributed by atoms with E-state index in [4.69, 9.17) is 18.9 Å². The summed E-state index contributed by atoms with van der Waals surface area (Å²) in [6, 6.07) is 0. The van der Waals surface area contributed by atoms with Gasteiger partial charge in [-0.05, 0) is 38.5 Å². The number of carbonyl (C=O) groups excluding carboxylic acids is 1. The van der Waals surface area contributed by atoms with E-state index in [2.05, 4.69) is 50.3 Å². The van der Waals surface area contributed by atoms with Crippen molar-refractivity contribution < 1.29 is 44.2 Å². The van der Waals surface area contributed by atoms with E-state index in [1.165, 1.54) is 64.2 Å². The third-order valence-corrected chi connectivity index (χ3v) is 8.27. The van der Waals surface area contributed by atoms with Crippen LogP contribution in [0.3, 0.4) is 0 Å². The molecule has 0 saturated carbocycles. The minimum Gasteiger partial charge on any atom is -0.457 e. The van der Waals surface area contributed by atoms with Crippen LogP contribution in [-0.4, -0.2) is 89.6 Å². The topological polar surface area (TPSA) is 135 Å². The fourth-order valence-electron chi connectivity index (χ4n) is 5.33.